The van der Waals surface area contributed by atoms with Crippen LogP contribution in [0.3, 0.4) is 0 Å². The molecule has 1 aliphatic rings. The van der Waals surface area contributed by atoms with E-state index in [0.717, 1.165) is 37.7 Å². The number of benzene rings is 1. The van der Waals surface area contributed by atoms with Gasteiger partial charge in [-0.3, -0.25) is 4.79 Å². The average molecular weight is 412 g/mol. The maximum absolute atomic E-state index is 11.9. The SMILES string of the molecule is O=C(NC(CCc1ccc(Cl)cc1)C(=O)O)OCCOC(=O)C1CCCCC1. The predicted octanol–water partition coefficient (Wildman–Crippen LogP) is 3.58. The molecular weight excluding hydrogens is 386 g/mol. The van der Waals surface area contributed by atoms with Crippen LogP contribution in [0.1, 0.15) is 44.1 Å². The van der Waals surface area contributed by atoms with Crippen LogP contribution in [0.25, 0.3) is 0 Å². The van der Waals surface area contributed by atoms with Crippen LogP contribution in [0.5, 0.6) is 0 Å². The minimum Gasteiger partial charge on any atom is -0.480 e. The van der Waals surface area contributed by atoms with Crippen molar-refractivity contribution >= 4 is 29.6 Å². The van der Waals surface area contributed by atoms with Crippen molar-refractivity contribution in [3.05, 3.63) is 34.9 Å². The molecule has 8 heteroatoms. The summed E-state index contributed by atoms with van der Waals surface area (Å²) in [6.07, 6.45) is 4.72. The molecule has 28 heavy (non-hydrogen) atoms. The molecular formula is C20H26ClNO6. The second kappa shape index (κ2) is 11.5. The molecule has 1 saturated carbocycles. The number of alkyl carbamates (subject to hydrolysis) is 1. The first-order valence-electron chi connectivity index (χ1n) is 9.53. The Labute approximate surface area is 169 Å². The molecule has 154 valence electrons. The highest BCUT2D eigenvalue weighted by atomic mass is 35.5. The van der Waals surface area contributed by atoms with Crippen LogP contribution in [-0.4, -0.2) is 42.4 Å². The summed E-state index contributed by atoms with van der Waals surface area (Å²) < 4.78 is 10.0. The predicted molar refractivity (Wildman–Crippen MR) is 103 cm³/mol. The van der Waals surface area contributed by atoms with Crippen LogP contribution < -0.4 is 5.32 Å². The lowest BCUT2D eigenvalue weighted by molar-refractivity contribution is -0.150. The van der Waals surface area contributed by atoms with E-state index >= 15 is 0 Å². The number of carboxylic acids is 1. The Balaban J connectivity index is 1.66. The quantitative estimate of drug-likeness (QED) is 0.475. The third-order valence-electron chi connectivity index (χ3n) is 4.72. The summed E-state index contributed by atoms with van der Waals surface area (Å²) in [4.78, 5) is 35.0. The van der Waals surface area contributed by atoms with Gasteiger partial charge in [0.05, 0.1) is 5.92 Å². The van der Waals surface area contributed by atoms with Crippen molar-refractivity contribution in [1.82, 2.24) is 5.32 Å². The first kappa shape index (κ1) is 22.0. The van der Waals surface area contributed by atoms with Crippen LogP contribution >= 0.6 is 11.6 Å². The molecule has 0 heterocycles. The lowest BCUT2D eigenvalue weighted by atomic mass is 9.89. The molecule has 1 aromatic carbocycles. The van der Waals surface area contributed by atoms with Gasteiger partial charge in [0, 0.05) is 5.02 Å². The summed E-state index contributed by atoms with van der Waals surface area (Å²) in [7, 11) is 0. The van der Waals surface area contributed by atoms with Gasteiger partial charge in [0.15, 0.2) is 0 Å². The molecule has 1 atom stereocenters. The number of hydrogen-bond donors (Lipinski definition) is 2. The Kier molecular flexibility index (Phi) is 9.07. The van der Waals surface area contributed by atoms with E-state index in [1.807, 2.05) is 0 Å². The monoisotopic (exact) mass is 411 g/mol. The molecule has 1 aliphatic carbocycles. The van der Waals surface area contributed by atoms with E-state index in [9.17, 15) is 19.5 Å². The zero-order valence-corrected chi connectivity index (χ0v) is 16.5. The maximum atomic E-state index is 11.9. The maximum Gasteiger partial charge on any atom is 0.407 e. The van der Waals surface area contributed by atoms with Crippen LogP contribution in [0.2, 0.25) is 5.02 Å². The van der Waals surface area contributed by atoms with Crippen LogP contribution in [0, 0.1) is 5.92 Å². The van der Waals surface area contributed by atoms with Gasteiger partial charge in [-0.1, -0.05) is 43.0 Å². The Hall–Kier alpha value is -2.28. The minimum absolute atomic E-state index is 0.0364. The molecule has 1 amide bonds. The Bertz CT molecular complexity index is 657. The van der Waals surface area contributed by atoms with E-state index < -0.39 is 18.1 Å². The van der Waals surface area contributed by atoms with Gasteiger partial charge >= 0.3 is 18.0 Å². The number of amides is 1. The fraction of sp³-hybridized carbons (Fsp3) is 0.550. The van der Waals surface area contributed by atoms with E-state index in [0.29, 0.717) is 11.4 Å². The number of aryl methyl sites for hydroxylation is 1. The summed E-state index contributed by atoms with van der Waals surface area (Å²) in [5, 5.41) is 12.2. The largest absolute Gasteiger partial charge is 0.480 e. The smallest absolute Gasteiger partial charge is 0.407 e. The Morgan fingerprint density at radius 2 is 1.71 bits per heavy atom. The molecule has 0 aromatic heterocycles. The zero-order chi connectivity index (χ0) is 20.4. The molecule has 0 aliphatic heterocycles. The van der Waals surface area contributed by atoms with E-state index in [2.05, 4.69) is 5.32 Å². The molecule has 0 saturated heterocycles. The van der Waals surface area contributed by atoms with Crippen molar-refractivity contribution in [2.75, 3.05) is 13.2 Å². The summed E-state index contributed by atoms with van der Waals surface area (Å²) in [5.41, 5.74) is 0.917. The first-order chi connectivity index (χ1) is 13.5. The Morgan fingerprint density at radius 3 is 2.36 bits per heavy atom. The zero-order valence-electron chi connectivity index (χ0n) is 15.7. The molecule has 1 unspecified atom stereocenters. The molecule has 0 bridgehead atoms. The van der Waals surface area contributed by atoms with Gasteiger partial charge in [0.1, 0.15) is 19.3 Å². The number of esters is 1. The van der Waals surface area contributed by atoms with Gasteiger partial charge in [0.25, 0.3) is 0 Å². The summed E-state index contributed by atoms with van der Waals surface area (Å²) in [5.74, 6) is -1.46. The fourth-order valence-electron chi connectivity index (χ4n) is 3.14. The number of nitrogens with one attached hydrogen (secondary N) is 1. The van der Waals surface area contributed by atoms with Crippen molar-refractivity contribution in [3.63, 3.8) is 0 Å². The highest BCUT2D eigenvalue weighted by molar-refractivity contribution is 6.30. The number of rotatable bonds is 9. The lowest BCUT2D eigenvalue weighted by Crippen LogP contribution is -2.41. The van der Waals surface area contributed by atoms with Gasteiger partial charge < -0.3 is 19.9 Å². The van der Waals surface area contributed by atoms with E-state index in [1.54, 1.807) is 24.3 Å². The first-order valence-corrected chi connectivity index (χ1v) is 9.90. The van der Waals surface area contributed by atoms with Crippen LogP contribution in [0.4, 0.5) is 4.79 Å². The summed E-state index contributed by atoms with van der Waals surface area (Å²) in [6, 6.07) is 5.99. The molecule has 2 rings (SSSR count). The summed E-state index contributed by atoms with van der Waals surface area (Å²) >= 11 is 5.82. The lowest BCUT2D eigenvalue weighted by Gasteiger charge is -2.20. The molecule has 0 radical (unpaired) electrons. The molecule has 1 aromatic rings. The van der Waals surface area contributed by atoms with Crippen molar-refractivity contribution in [3.8, 4) is 0 Å². The van der Waals surface area contributed by atoms with Gasteiger partial charge in [-0.05, 0) is 43.4 Å². The number of aliphatic carboxylic acids is 1. The third kappa shape index (κ3) is 7.76. The molecule has 2 N–H and O–H groups in total. The van der Waals surface area contributed by atoms with Gasteiger partial charge in [-0.2, -0.15) is 0 Å². The van der Waals surface area contributed by atoms with Crippen LogP contribution in [0.15, 0.2) is 24.3 Å². The minimum atomic E-state index is -1.14. The molecule has 0 spiro atoms. The van der Waals surface area contributed by atoms with E-state index in [4.69, 9.17) is 21.1 Å². The molecule has 7 nitrogen and oxygen atoms in total. The normalized spacial score (nSPS) is 15.5. The number of carbonyl (C=O) groups excluding carboxylic acids is 2. The third-order valence-corrected chi connectivity index (χ3v) is 4.98. The number of ether oxygens (including phenoxy) is 2. The van der Waals surface area contributed by atoms with Crippen molar-refractivity contribution in [2.24, 2.45) is 5.92 Å². The summed E-state index contributed by atoms with van der Waals surface area (Å²) in [6.45, 7) is -0.154. The highest BCUT2D eigenvalue weighted by Crippen LogP contribution is 2.24. The standard InChI is InChI=1S/C20H26ClNO6/c21-16-9-6-14(7-10-16)8-11-17(18(23)24)22-20(26)28-13-12-27-19(25)15-4-2-1-3-5-15/h6-7,9-10,15,17H,1-5,8,11-13H2,(H,22,26)(H,23,24). The Morgan fingerprint density at radius 1 is 1.07 bits per heavy atom. The number of halogens is 1. The second-order valence-corrected chi connectivity index (χ2v) is 7.28. The van der Waals surface area contributed by atoms with Crippen molar-refractivity contribution < 1.29 is 29.0 Å². The van der Waals surface area contributed by atoms with Gasteiger partial charge in [-0.15, -0.1) is 0 Å². The average Bonchev–Trinajstić information content (AvgIpc) is 2.70. The number of carbonyl (C=O) groups is 3. The van der Waals surface area contributed by atoms with Crippen molar-refractivity contribution in [1.29, 1.82) is 0 Å². The van der Waals surface area contributed by atoms with Gasteiger partial charge in [-0.25, -0.2) is 9.59 Å². The highest BCUT2D eigenvalue weighted by Gasteiger charge is 2.23. The van der Waals surface area contributed by atoms with Crippen molar-refractivity contribution in [2.45, 2.75) is 51.0 Å². The van der Waals surface area contributed by atoms with E-state index in [-0.39, 0.29) is 31.5 Å². The fourth-order valence-corrected chi connectivity index (χ4v) is 3.26. The van der Waals surface area contributed by atoms with E-state index in [1.165, 1.54) is 0 Å². The number of carboxylic acid groups (broad SMARTS) is 1. The molecule has 1 fully saturated rings. The number of hydrogen-bond acceptors (Lipinski definition) is 5. The van der Waals surface area contributed by atoms with Crippen LogP contribution in [-0.2, 0) is 25.5 Å². The van der Waals surface area contributed by atoms with Gasteiger partial charge in [0.2, 0.25) is 0 Å². The second-order valence-electron chi connectivity index (χ2n) is 6.84. The topological polar surface area (TPSA) is 102 Å².